The van der Waals surface area contributed by atoms with Gasteiger partial charge in [0, 0.05) is 18.7 Å². The molecule has 4 rings (SSSR count). The SMILES string of the molecule is O=C(COc1ccc(-c2cnc3ccccc3n2)cc1)N1CCOCC1. The summed E-state index contributed by atoms with van der Waals surface area (Å²) in [5, 5.41) is 0. The van der Waals surface area contributed by atoms with Gasteiger partial charge in [0.2, 0.25) is 0 Å². The third kappa shape index (κ3) is 3.65. The summed E-state index contributed by atoms with van der Waals surface area (Å²) in [7, 11) is 0. The van der Waals surface area contributed by atoms with Crippen LogP contribution in [0.5, 0.6) is 5.75 Å². The highest BCUT2D eigenvalue weighted by atomic mass is 16.5. The van der Waals surface area contributed by atoms with Crippen molar-refractivity contribution in [3.63, 3.8) is 0 Å². The Hall–Kier alpha value is -2.99. The number of rotatable bonds is 4. The minimum absolute atomic E-state index is 0.0160. The summed E-state index contributed by atoms with van der Waals surface area (Å²) in [6.07, 6.45) is 1.76. The van der Waals surface area contributed by atoms with E-state index in [0.29, 0.717) is 32.1 Å². The molecule has 26 heavy (non-hydrogen) atoms. The average Bonchev–Trinajstić information content (AvgIpc) is 2.72. The van der Waals surface area contributed by atoms with Crippen LogP contribution in [-0.2, 0) is 9.53 Å². The van der Waals surface area contributed by atoms with E-state index in [1.165, 1.54) is 0 Å². The number of carbonyl (C=O) groups is 1. The van der Waals surface area contributed by atoms with Gasteiger partial charge in [-0.25, -0.2) is 4.98 Å². The van der Waals surface area contributed by atoms with Crippen molar-refractivity contribution in [1.82, 2.24) is 14.9 Å². The van der Waals surface area contributed by atoms with Crippen LogP contribution in [0.1, 0.15) is 0 Å². The van der Waals surface area contributed by atoms with Crippen molar-refractivity contribution >= 4 is 16.9 Å². The Labute approximate surface area is 151 Å². The molecule has 0 radical (unpaired) electrons. The van der Waals surface area contributed by atoms with Crippen LogP contribution in [0.4, 0.5) is 0 Å². The number of para-hydroxylation sites is 2. The van der Waals surface area contributed by atoms with Crippen LogP contribution in [0, 0.1) is 0 Å². The second kappa shape index (κ2) is 7.49. The number of ether oxygens (including phenoxy) is 2. The number of hydrogen-bond donors (Lipinski definition) is 0. The number of benzene rings is 2. The van der Waals surface area contributed by atoms with Gasteiger partial charge in [-0.2, -0.15) is 0 Å². The molecule has 6 heteroatoms. The smallest absolute Gasteiger partial charge is 0.260 e. The monoisotopic (exact) mass is 349 g/mol. The molecule has 1 fully saturated rings. The topological polar surface area (TPSA) is 64.5 Å². The molecule has 3 aromatic rings. The van der Waals surface area contributed by atoms with E-state index in [1.807, 2.05) is 48.5 Å². The van der Waals surface area contributed by atoms with E-state index in [4.69, 9.17) is 9.47 Å². The highest BCUT2D eigenvalue weighted by Gasteiger charge is 2.17. The first-order valence-corrected chi connectivity index (χ1v) is 8.60. The quantitative estimate of drug-likeness (QED) is 0.724. The van der Waals surface area contributed by atoms with E-state index in [0.717, 1.165) is 22.3 Å². The molecule has 0 atom stereocenters. The first kappa shape index (κ1) is 16.5. The lowest BCUT2D eigenvalue weighted by Gasteiger charge is -2.26. The Morgan fingerprint density at radius 3 is 2.54 bits per heavy atom. The van der Waals surface area contributed by atoms with E-state index in [9.17, 15) is 4.79 Å². The molecule has 1 amide bonds. The molecule has 1 aliphatic rings. The van der Waals surface area contributed by atoms with Gasteiger partial charge in [0.15, 0.2) is 6.61 Å². The predicted molar refractivity (Wildman–Crippen MR) is 97.9 cm³/mol. The second-order valence-corrected chi connectivity index (χ2v) is 6.05. The van der Waals surface area contributed by atoms with Gasteiger partial charge in [0.25, 0.3) is 5.91 Å². The van der Waals surface area contributed by atoms with Gasteiger partial charge < -0.3 is 14.4 Å². The summed E-state index contributed by atoms with van der Waals surface area (Å²) >= 11 is 0. The number of hydrogen-bond acceptors (Lipinski definition) is 5. The maximum atomic E-state index is 12.1. The molecule has 6 nitrogen and oxygen atoms in total. The van der Waals surface area contributed by atoms with Gasteiger partial charge in [0.1, 0.15) is 5.75 Å². The van der Waals surface area contributed by atoms with Gasteiger partial charge in [-0.15, -0.1) is 0 Å². The van der Waals surface area contributed by atoms with Crippen LogP contribution < -0.4 is 4.74 Å². The van der Waals surface area contributed by atoms with E-state index >= 15 is 0 Å². The van der Waals surface area contributed by atoms with Crippen LogP contribution in [0.25, 0.3) is 22.3 Å². The Morgan fingerprint density at radius 1 is 1.04 bits per heavy atom. The molecule has 0 bridgehead atoms. The molecule has 0 spiro atoms. The van der Waals surface area contributed by atoms with E-state index < -0.39 is 0 Å². The molecule has 1 saturated heterocycles. The molecular formula is C20H19N3O3. The maximum absolute atomic E-state index is 12.1. The summed E-state index contributed by atoms with van der Waals surface area (Å²) in [6.45, 7) is 2.47. The zero-order valence-corrected chi connectivity index (χ0v) is 14.3. The summed E-state index contributed by atoms with van der Waals surface area (Å²) in [4.78, 5) is 22.9. The summed E-state index contributed by atoms with van der Waals surface area (Å²) < 4.78 is 10.9. The molecule has 132 valence electrons. The van der Waals surface area contributed by atoms with Crippen LogP contribution in [0.3, 0.4) is 0 Å². The third-order valence-electron chi connectivity index (χ3n) is 4.32. The van der Waals surface area contributed by atoms with Crippen LogP contribution in [-0.4, -0.2) is 53.7 Å². The molecule has 0 saturated carbocycles. The highest BCUT2D eigenvalue weighted by Crippen LogP contribution is 2.22. The highest BCUT2D eigenvalue weighted by molar-refractivity contribution is 5.78. The van der Waals surface area contributed by atoms with Crippen LogP contribution in [0.2, 0.25) is 0 Å². The minimum Gasteiger partial charge on any atom is -0.484 e. The van der Waals surface area contributed by atoms with Crippen molar-refractivity contribution in [2.45, 2.75) is 0 Å². The Kier molecular flexibility index (Phi) is 4.75. The normalized spacial score (nSPS) is 14.4. The zero-order chi connectivity index (χ0) is 17.8. The largest absolute Gasteiger partial charge is 0.484 e. The van der Waals surface area contributed by atoms with Crippen molar-refractivity contribution < 1.29 is 14.3 Å². The third-order valence-corrected chi connectivity index (χ3v) is 4.32. The van der Waals surface area contributed by atoms with Gasteiger partial charge >= 0.3 is 0 Å². The lowest BCUT2D eigenvalue weighted by Crippen LogP contribution is -2.42. The summed E-state index contributed by atoms with van der Waals surface area (Å²) in [5.74, 6) is 0.641. The number of nitrogens with zero attached hydrogens (tertiary/aromatic N) is 3. The van der Waals surface area contributed by atoms with E-state index in [2.05, 4.69) is 9.97 Å². The molecule has 0 unspecified atom stereocenters. The first-order valence-electron chi connectivity index (χ1n) is 8.60. The number of carbonyl (C=O) groups excluding carboxylic acids is 1. The molecule has 1 aromatic heterocycles. The number of morpholine rings is 1. The fraction of sp³-hybridized carbons (Fsp3) is 0.250. The lowest BCUT2D eigenvalue weighted by atomic mass is 10.1. The summed E-state index contributed by atoms with van der Waals surface area (Å²) in [6, 6.07) is 15.3. The number of fused-ring (bicyclic) bond motifs is 1. The molecule has 2 aromatic carbocycles. The fourth-order valence-corrected chi connectivity index (χ4v) is 2.87. The first-order chi connectivity index (χ1) is 12.8. The molecule has 1 aliphatic heterocycles. The maximum Gasteiger partial charge on any atom is 0.260 e. The average molecular weight is 349 g/mol. The van der Waals surface area contributed by atoms with Crippen molar-refractivity contribution in [2.75, 3.05) is 32.9 Å². The molecular weight excluding hydrogens is 330 g/mol. The summed E-state index contributed by atoms with van der Waals surface area (Å²) in [5.41, 5.74) is 3.49. The number of amides is 1. The zero-order valence-electron chi connectivity index (χ0n) is 14.3. The van der Waals surface area contributed by atoms with Crippen molar-refractivity contribution in [1.29, 1.82) is 0 Å². The minimum atomic E-state index is -0.0160. The predicted octanol–water partition coefficient (Wildman–Crippen LogP) is 2.53. The fourth-order valence-electron chi connectivity index (χ4n) is 2.87. The Bertz CT molecular complexity index is 906. The van der Waals surface area contributed by atoms with Crippen molar-refractivity contribution in [3.8, 4) is 17.0 Å². The van der Waals surface area contributed by atoms with Crippen LogP contribution in [0.15, 0.2) is 54.7 Å². The molecule has 0 N–H and O–H groups in total. The van der Waals surface area contributed by atoms with E-state index in [1.54, 1.807) is 11.1 Å². The van der Waals surface area contributed by atoms with Gasteiger partial charge in [0.05, 0.1) is 36.1 Å². The van der Waals surface area contributed by atoms with Crippen molar-refractivity contribution in [3.05, 3.63) is 54.7 Å². The van der Waals surface area contributed by atoms with Crippen molar-refractivity contribution in [2.24, 2.45) is 0 Å². The van der Waals surface area contributed by atoms with Gasteiger partial charge in [-0.1, -0.05) is 12.1 Å². The molecule has 2 heterocycles. The Morgan fingerprint density at radius 2 is 1.77 bits per heavy atom. The van der Waals surface area contributed by atoms with E-state index in [-0.39, 0.29) is 12.5 Å². The molecule has 0 aliphatic carbocycles. The van der Waals surface area contributed by atoms with Gasteiger partial charge in [-0.05, 0) is 36.4 Å². The number of aromatic nitrogens is 2. The second-order valence-electron chi connectivity index (χ2n) is 6.05. The standard InChI is InChI=1S/C20H19N3O3/c24-20(23-9-11-25-12-10-23)14-26-16-7-5-15(6-8-16)19-13-21-17-3-1-2-4-18(17)22-19/h1-8,13H,9-12,14H2. The lowest BCUT2D eigenvalue weighted by molar-refractivity contribution is -0.137. The van der Waals surface area contributed by atoms with Crippen LogP contribution >= 0.6 is 0 Å². The van der Waals surface area contributed by atoms with Gasteiger partial charge in [-0.3, -0.25) is 9.78 Å². The Balaban J connectivity index is 1.41.